The maximum Gasteiger partial charge on any atom is 0.410 e. The Kier molecular flexibility index (Phi) is 10.1. The van der Waals surface area contributed by atoms with Crippen LogP contribution in [0.4, 0.5) is 15.6 Å². The maximum absolute atomic E-state index is 12.7. The molecule has 0 unspecified atom stereocenters. The summed E-state index contributed by atoms with van der Waals surface area (Å²) in [7, 11) is 5.92. The number of ether oxygens (including phenoxy) is 2. The number of aliphatic imine (C=N–C) groups is 1. The van der Waals surface area contributed by atoms with Crippen LogP contribution in [-0.4, -0.2) is 119 Å². The lowest BCUT2D eigenvalue weighted by Gasteiger charge is -2.36. The van der Waals surface area contributed by atoms with Gasteiger partial charge in [-0.15, -0.1) is 11.3 Å². The minimum Gasteiger partial charge on any atom is -0.459 e. The van der Waals surface area contributed by atoms with Crippen molar-refractivity contribution in [1.29, 1.82) is 5.26 Å². The van der Waals surface area contributed by atoms with Crippen molar-refractivity contribution in [3.63, 3.8) is 0 Å². The van der Waals surface area contributed by atoms with Gasteiger partial charge in [-0.1, -0.05) is 5.16 Å². The summed E-state index contributed by atoms with van der Waals surface area (Å²) < 4.78 is 18.0. The van der Waals surface area contributed by atoms with Gasteiger partial charge in [-0.05, 0) is 80.3 Å². The number of likely N-dealkylation sites (tertiary alicyclic amines) is 1. The van der Waals surface area contributed by atoms with E-state index in [4.69, 9.17) is 28.9 Å². The summed E-state index contributed by atoms with van der Waals surface area (Å²) in [5, 5.41) is 15.4. The van der Waals surface area contributed by atoms with E-state index in [2.05, 4.69) is 46.9 Å². The molecule has 6 rings (SSSR count). The SMILES string of the molecule is C[C@H](Oc1nc(-c2noc([C@@]3(C)CCCc4sc(N=CN(C)C)c(C#N)c43)n2)cc(N2CCN(C(=O)OC(C)(C)C)CC2)n1)[C@@H]1CCCN1C. The number of hydrogen-bond acceptors (Lipinski definition) is 13. The monoisotopic (exact) mass is 704 g/mol. The summed E-state index contributed by atoms with van der Waals surface area (Å²) >= 11 is 1.55. The Morgan fingerprint density at radius 1 is 1.20 bits per heavy atom. The van der Waals surface area contributed by atoms with Crippen LogP contribution >= 0.6 is 11.3 Å². The Hall–Kier alpha value is -4.29. The van der Waals surface area contributed by atoms with Crippen LogP contribution in [0.3, 0.4) is 0 Å². The Balaban J connectivity index is 1.31. The van der Waals surface area contributed by atoms with Crippen molar-refractivity contribution in [1.82, 2.24) is 34.8 Å². The van der Waals surface area contributed by atoms with Crippen molar-refractivity contribution in [2.24, 2.45) is 4.99 Å². The fourth-order valence-corrected chi connectivity index (χ4v) is 8.30. The Bertz CT molecular complexity index is 1770. The summed E-state index contributed by atoms with van der Waals surface area (Å²) in [6, 6.07) is 4.77. The number of aromatic nitrogens is 4. The molecule has 50 heavy (non-hydrogen) atoms. The van der Waals surface area contributed by atoms with Gasteiger partial charge in [0.2, 0.25) is 11.7 Å². The molecule has 0 saturated carbocycles. The number of hydrogen-bond donors (Lipinski definition) is 0. The van der Waals surface area contributed by atoms with Gasteiger partial charge < -0.3 is 28.7 Å². The predicted molar refractivity (Wildman–Crippen MR) is 191 cm³/mol. The molecule has 1 aliphatic carbocycles. The Morgan fingerprint density at radius 3 is 2.62 bits per heavy atom. The van der Waals surface area contributed by atoms with E-state index >= 15 is 0 Å². The Labute approximate surface area is 298 Å². The number of carbonyl (C=O) groups is 1. The zero-order valence-corrected chi connectivity index (χ0v) is 31.2. The smallest absolute Gasteiger partial charge is 0.410 e. The topological polar surface area (TPSA) is 149 Å². The number of nitriles is 1. The third-order valence-electron chi connectivity index (χ3n) is 9.60. The third-order valence-corrected chi connectivity index (χ3v) is 10.8. The lowest BCUT2D eigenvalue weighted by Crippen LogP contribution is -2.50. The Morgan fingerprint density at radius 2 is 1.96 bits per heavy atom. The van der Waals surface area contributed by atoms with Gasteiger partial charge in [0.15, 0.2) is 0 Å². The number of carbonyl (C=O) groups excluding carboxylic acids is 1. The number of rotatable bonds is 8. The van der Waals surface area contributed by atoms with E-state index in [9.17, 15) is 10.1 Å². The van der Waals surface area contributed by atoms with Crippen LogP contribution < -0.4 is 9.64 Å². The first kappa shape index (κ1) is 35.5. The van der Waals surface area contributed by atoms with Crippen molar-refractivity contribution in [3.8, 4) is 23.6 Å². The number of fused-ring (bicyclic) bond motifs is 1. The molecule has 1 amide bonds. The second-order valence-corrected chi connectivity index (χ2v) is 16.0. The van der Waals surface area contributed by atoms with E-state index < -0.39 is 11.0 Å². The summed E-state index contributed by atoms with van der Waals surface area (Å²) in [6.07, 6.45) is 5.96. The normalized spacial score (nSPS) is 22.0. The molecule has 0 bridgehead atoms. The van der Waals surface area contributed by atoms with Crippen LogP contribution in [-0.2, 0) is 16.6 Å². The fraction of sp³-hybridized carbons (Fsp3) is 0.629. The van der Waals surface area contributed by atoms with Crippen LogP contribution in [0.1, 0.15) is 82.2 Å². The summed E-state index contributed by atoms with van der Waals surface area (Å²) in [5.74, 6) is 1.41. The zero-order chi connectivity index (χ0) is 35.8. The van der Waals surface area contributed by atoms with E-state index in [-0.39, 0.29) is 24.2 Å². The van der Waals surface area contributed by atoms with Gasteiger partial charge in [0.25, 0.3) is 0 Å². The van der Waals surface area contributed by atoms with Crippen molar-refractivity contribution in [2.45, 2.75) is 89.9 Å². The van der Waals surface area contributed by atoms with Crippen molar-refractivity contribution in [3.05, 3.63) is 28.0 Å². The molecule has 0 spiro atoms. The van der Waals surface area contributed by atoms with Gasteiger partial charge in [0, 0.05) is 62.8 Å². The van der Waals surface area contributed by atoms with E-state index in [1.54, 1.807) is 22.6 Å². The lowest BCUT2D eigenvalue weighted by molar-refractivity contribution is 0.0240. The molecule has 3 aliphatic rings. The standard InChI is InChI=1S/C35H48N10O4S/c1-22(25-11-10-14-43(25)8)47-32-38-24(19-27(39-32)44-15-17-45(18-16-44)33(46)48-34(2,3)4)29-40-31(49-41-29)35(5)13-9-12-26-28(35)23(20-36)30(50-26)37-21-42(6)7/h19,21-22,25H,9-18H2,1-8H3/t22-,25-,35-/m0/s1. The molecular formula is C35H48N10O4S. The highest BCUT2D eigenvalue weighted by molar-refractivity contribution is 7.16. The molecule has 268 valence electrons. The molecular weight excluding hydrogens is 657 g/mol. The first-order chi connectivity index (χ1) is 23.8. The van der Waals surface area contributed by atoms with E-state index in [1.807, 2.05) is 45.8 Å². The fourth-order valence-electron chi connectivity index (χ4n) is 7.04. The first-order valence-corrected chi connectivity index (χ1v) is 18.2. The minimum atomic E-state index is -0.666. The van der Waals surface area contributed by atoms with Crippen LogP contribution in [0, 0.1) is 11.3 Å². The predicted octanol–water partition coefficient (Wildman–Crippen LogP) is 5.24. The number of thiophene rings is 1. The van der Waals surface area contributed by atoms with Crippen LogP contribution in [0.25, 0.3) is 11.5 Å². The highest BCUT2D eigenvalue weighted by Crippen LogP contribution is 2.50. The van der Waals surface area contributed by atoms with Crippen LogP contribution in [0.2, 0.25) is 0 Å². The van der Waals surface area contributed by atoms with Crippen LogP contribution in [0.15, 0.2) is 15.6 Å². The van der Waals surface area contributed by atoms with Crippen LogP contribution in [0.5, 0.6) is 6.01 Å². The summed E-state index contributed by atoms with van der Waals surface area (Å²) in [4.78, 5) is 41.0. The summed E-state index contributed by atoms with van der Waals surface area (Å²) in [6.45, 7) is 12.9. The molecule has 5 heterocycles. The van der Waals surface area contributed by atoms with Crippen molar-refractivity contribution < 1.29 is 18.8 Å². The number of piperazine rings is 1. The van der Waals surface area contributed by atoms with Gasteiger partial charge in [-0.3, -0.25) is 4.90 Å². The average Bonchev–Trinajstić information content (AvgIpc) is 3.82. The van der Waals surface area contributed by atoms with Gasteiger partial charge in [0.05, 0.1) is 17.3 Å². The molecule has 3 atom stereocenters. The van der Waals surface area contributed by atoms with Gasteiger partial charge in [-0.25, -0.2) is 9.79 Å². The van der Waals surface area contributed by atoms with Crippen molar-refractivity contribution >= 4 is 34.6 Å². The number of nitrogens with zero attached hydrogens (tertiary/aromatic N) is 10. The molecule has 3 aromatic heterocycles. The zero-order valence-electron chi connectivity index (χ0n) is 30.4. The highest BCUT2D eigenvalue weighted by Gasteiger charge is 2.43. The molecule has 2 fully saturated rings. The number of aryl methyl sites for hydroxylation is 1. The summed E-state index contributed by atoms with van der Waals surface area (Å²) in [5.41, 5.74) is 0.723. The average molecular weight is 705 g/mol. The lowest BCUT2D eigenvalue weighted by atomic mass is 9.72. The number of likely N-dealkylation sites (N-methyl/N-ethyl adjacent to an activating group) is 1. The van der Waals surface area contributed by atoms with Crippen molar-refractivity contribution in [2.75, 3.05) is 58.8 Å². The molecule has 15 heteroatoms. The number of anilines is 1. The second kappa shape index (κ2) is 14.1. The van der Waals surface area contributed by atoms with Gasteiger partial charge in [0.1, 0.15) is 34.3 Å². The number of amides is 1. The third kappa shape index (κ3) is 7.41. The highest BCUT2D eigenvalue weighted by atomic mass is 32.1. The van der Waals surface area contributed by atoms with Gasteiger partial charge >= 0.3 is 12.1 Å². The quantitative estimate of drug-likeness (QED) is 0.223. The van der Waals surface area contributed by atoms with E-state index in [1.165, 1.54) is 0 Å². The molecule has 14 nitrogen and oxygen atoms in total. The molecule has 2 aliphatic heterocycles. The van der Waals surface area contributed by atoms with Gasteiger partial charge in [-0.2, -0.15) is 20.2 Å². The largest absolute Gasteiger partial charge is 0.459 e. The first-order valence-electron chi connectivity index (χ1n) is 17.4. The minimum absolute atomic E-state index is 0.137. The molecule has 0 N–H and O–H groups in total. The van der Waals surface area contributed by atoms with E-state index in [0.717, 1.165) is 49.1 Å². The molecule has 0 radical (unpaired) electrons. The maximum atomic E-state index is 12.7. The van der Waals surface area contributed by atoms with E-state index in [0.29, 0.717) is 60.0 Å². The molecule has 2 saturated heterocycles. The molecule has 3 aromatic rings. The molecule has 0 aromatic carbocycles. The second-order valence-electron chi connectivity index (χ2n) is 14.9.